The summed E-state index contributed by atoms with van der Waals surface area (Å²) < 4.78 is 56.9. The highest BCUT2D eigenvalue weighted by Gasteiger charge is 2.28. The van der Waals surface area contributed by atoms with Gasteiger partial charge in [0, 0.05) is 13.2 Å². The van der Waals surface area contributed by atoms with Gasteiger partial charge in [0.15, 0.2) is 0 Å². The first-order chi connectivity index (χ1) is 8.49. The quantitative estimate of drug-likeness (QED) is 0.846. The molecule has 0 spiro atoms. The number of hydrogen-bond acceptors (Lipinski definition) is 4. The predicted octanol–water partition coefficient (Wildman–Crippen LogP) is 1.28. The number of anilines is 1. The monoisotopic (exact) mass is 278 g/mol. The summed E-state index contributed by atoms with van der Waals surface area (Å²) in [5.41, 5.74) is -0.345. The van der Waals surface area contributed by atoms with E-state index in [1.807, 2.05) is 0 Å². The molecule has 2 heterocycles. The standard InChI is InChI=1S/C10H12F2N2O3S/c11-9-2-1-8(10(12)13-9)14-18(15,16)7-3-5-17-6-4-7/h1-2,7,14H,3-6H2. The lowest BCUT2D eigenvalue weighted by Gasteiger charge is -2.22. The fourth-order valence-electron chi connectivity index (χ4n) is 1.71. The molecule has 0 aromatic carbocycles. The van der Waals surface area contributed by atoms with E-state index in [-0.39, 0.29) is 5.69 Å². The summed E-state index contributed by atoms with van der Waals surface area (Å²) in [6.45, 7) is 0.714. The fourth-order valence-corrected chi connectivity index (χ4v) is 3.15. The van der Waals surface area contributed by atoms with Crippen molar-refractivity contribution in [2.45, 2.75) is 18.1 Å². The number of pyridine rings is 1. The van der Waals surface area contributed by atoms with Crippen LogP contribution in [0.1, 0.15) is 12.8 Å². The molecule has 1 fully saturated rings. The molecular formula is C10H12F2N2O3S. The Morgan fingerprint density at radius 2 is 1.94 bits per heavy atom. The van der Waals surface area contributed by atoms with Gasteiger partial charge in [0.25, 0.3) is 0 Å². The van der Waals surface area contributed by atoms with Crippen LogP contribution in [0.2, 0.25) is 0 Å². The van der Waals surface area contributed by atoms with Crippen LogP contribution in [-0.2, 0) is 14.8 Å². The Morgan fingerprint density at radius 3 is 2.56 bits per heavy atom. The maximum absolute atomic E-state index is 13.2. The van der Waals surface area contributed by atoms with Crippen molar-refractivity contribution >= 4 is 15.7 Å². The second-order valence-corrected chi connectivity index (χ2v) is 5.89. The van der Waals surface area contributed by atoms with Gasteiger partial charge in [-0.05, 0) is 25.0 Å². The van der Waals surface area contributed by atoms with E-state index < -0.39 is 27.2 Å². The molecule has 100 valence electrons. The van der Waals surface area contributed by atoms with Crippen LogP contribution in [0, 0.1) is 11.9 Å². The molecule has 0 unspecified atom stereocenters. The Hall–Kier alpha value is -1.28. The first-order valence-corrected chi connectivity index (χ1v) is 6.95. The zero-order valence-electron chi connectivity index (χ0n) is 9.40. The van der Waals surface area contributed by atoms with Gasteiger partial charge in [-0.2, -0.15) is 13.8 Å². The maximum atomic E-state index is 13.2. The number of halogens is 2. The zero-order valence-corrected chi connectivity index (χ0v) is 10.2. The Kier molecular flexibility index (Phi) is 3.76. The van der Waals surface area contributed by atoms with Gasteiger partial charge in [0.1, 0.15) is 5.69 Å². The molecule has 0 bridgehead atoms. The number of sulfonamides is 1. The minimum Gasteiger partial charge on any atom is -0.381 e. The van der Waals surface area contributed by atoms with Crippen LogP contribution in [0.5, 0.6) is 0 Å². The number of nitrogens with one attached hydrogen (secondary N) is 1. The second-order valence-electron chi connectivity index (χ2n) is 3.93. The molecule has 0 saturated carbocycles. The zero-order chi connectivity index (χ0) is 13.2. The van der Waals surface area contributed by atoms with Gasteiger partial charge in [-0.25, -0.2) is 8.42 Å². The van der Waals surface area contributed by atoms with E-state index in [0.29, 0.717) is 26.1 Å². The summed E-state index contributed by atoms with van der Waals surface area (Å²) in [6, 6.07) is 1.90. The Balaban J connectivity index is 2.16. The fraction of sp³-hybridized carbons (Fsp3) is 0.500. The Labute approximate surface area is 103 Å². The lowest BCUT2D eigenvalue weighted by atomic mass is 10.2. The van der Waals surface area contributed by atoms with E-state index in [1.165, 1.54) is 0 Å². The average molecular weight is 278 g/mol. The van der Waals surface area contributed by atoms with Crippen molar-refractivity contribution in [1.82, 2.24) is 4.98 Å². The van der Waals surface area contributed by atoms with Crippen molar-refractivity contribution in [3.63, 3.8) is 0 Å². The van der Waals surface area contributed by atoms with E-state index in [9.17, 15) is 17.2 Å². The molecule has 1 saturated heterocycles. The van der Waals surface area contributed by atoms with Crippen LogP contribution in [-0.4, -0.2) is 31.9 Å². The number of aromatic nitrogens is 1. The molecule has 0 radical (unpaired) electrons. The van der Waals surface area contributed by atoms with Crippen LogP contribution in [0.25, 0.3) is 0 Å². The highest BCUT2D eigenvalue weighted by molar-refractivity contribution is 7.93. The molecule has 0 atom stereocenters. The lowest BCUT2D eigenvalue weighted by molar-refractivity contribution is 0.0984. The van der Waals surface area contributed by atoms with Crippen molar-refractivity contribution < 1.29 is 21.9 Å². The molecule has 0 aliphatic carbocycles. The summed E-state index contributed by atoms with van der Waals surface area (Å²) in [7, 11) is -3.70. The van der Waals surface area contributed by atoms with Crippen molar-refractivity contribution in [2.75, 3.05) is 17.9 Å². The number of ether oxygens (including phenoxy) is 1. The first kappa shape index (κ1) is 13.2. The van der Waals surface area contributed by atoms with E-state index in [0.717, 1.165) is 12.1 Å². The first-order valence-electron chi connectivity index (χ1n) is 5.40. The van der Waals surface area contributed by atoms with Crippen LogP contribution in [0.15, 0.2) is 12.1 Å². The van der Waals surface area contributed by atoms with E-state index in [4.69, 9.17) is 4.74 Å². The van der Waals surface area contributed by atoms with Crippen molar-refractivity contribution in [1.29, 1.82) is 0 Å². The third-order valence-electron chi connectivity index (χ3n) is 2.67. The molecule has 1 aromatic heterocycles. The summed E-state index contributed by atoms with van der Waals surface area (Å²) in [5, 5.41) is -0.629. The minimum absolute atomic E-state index is 0.345. The van der Waals surface area contributed by atoms with E-state index in [1.54, 1.807) is 0 Å². The lowest BCUT2D eigenvalue weighted by Crippen LogP contribution is -2.33. The minimum atomic E-state index is -3.70. The average Bonchev–Trinajstić information content (AvgIpc) is 2.34. The normalized spacial score (nSPS) is 17.7. The Bertz CT molecular complexity index is 530. The van der Waals surface area contributed by atoms with Crippen molar-refractivity contribution in [3.05, 3.63) is 24.0 Å². The molecule has 1 aliphatic rings. The van der Waals surface area contributed by atoms with Gasteiger partial charge in [0.2, 0.25) is 21.9 Å². The van der Waals surface area contributed by atoms with Gasteiger partial charge in [0.05, 0.1) is 5.25 Å². The maximum Gasteiger partial charge on any atom is 0.239 e. The molecule has 1 aliphatic heterocycles. The SMILES string of the molecule is O=S(=O)(Nc1ccc(F)nc1F)C1CCOCC1. The highest BCUT2D eigenvalue weighted by Crippen LogP contribution is 2.20. The van der Waals surface area contributed by atoms with Crippen molar-refractivity contribution in [3.8, 4) is 0 Å². The molecular weight excluding hydrogens is 266 g/mol. The van der Waals surface area contributed by atoms with Gasteiger partial charge in [-0.15, -0.1) is 0 Å². The molecule has 8 heteroatoms. The summed E-state index contributed by atoms with van der Waals surface area (Å²) in [6.07, 6.45) is 0.706. The summed E-state index contributed by atoms with van der Waals surface area (Å²) in [5.74, 6) is -2.17. The largest absolute Gasteiger partial charge is 0.381 e. The molecule has 1 aromatic rings. The number of rotatable bonds is 3. The number of hydrogen-bond donors (Lipinski definition) is 1. The molecule has 2 rings (SSSR count). The molecule has 0 amide bonds. The van der Waals surface area contributed by atoms with Crippen LogP contribution >= 0.6 is 0 Å². The van der Waals surface area contributed by atoms with Gasteiger partial charge < -0.3 is 4.74 Å². The van der Waals surface area contributed by atoms with Crippen LogP contribution in [0.3, 0.4) is 0 Å². The number of nitrogens with zero attached hydrogens (tertiary/aromatic N) is 1. The van der Waals surface area contributed by atoms with Gasteiger partial charge >= 0.3 is 0 Å². The Morgan fingerprint density at radius 1 is 1.28 bits per heavy atom. The van der Waals surface area contributed by atoms with E-state index >= 15 is 0 Å². The highest BCUT2D eigenvalue weighted by atomic mass is 32.2. The molecule has 5 nitrogen and oxygen atoms in total. The van der Waals surface area contributed by atoms with Crippen molar-refractivity contribution in [2.24, 2.45) is 0 Å². The third kappa shape index (κ3) is 2.94. The van der Waals surface area contributed by atoms with Crippen LogP contribution < -0.4 is 4.72 Å². The van der Waals surface area contributed by atoms with Gasteiger partial charge in [-0.3, -0.25) is 4.72 Å². The molecule has 18 heavy (non-hydrogen) atoms. The smallest absolute Gasteiger partial charge is 0.239 e. The van der Waals surface area contributed by atoms with Crippen LogP contribution in [0.4, 0.5) is 14.5 Å². The topological polar surface area (TPSA) is 68.3 Å². The second kappa shape index (κ2) is 5.15. The summed E-state index contributed by atoms with van der Waals surface area (Å²) >= 11 is 0. The molecule has 1 N–H and O–H groups in total. The third-order valence-corrected chi connectivity index (χ3v) is 4.53. The van der Waals surface area contributed by atoms with Gasteiger partial charge in [-0.1, -0.05) is 0 Å². The predicted molar refractivity (Wildman–Crippen MR) is 60.5 cm³/mol. The summed E-state index contributed by atoms with van der Waals surface area (Å²) in [4.78, 5) is 2.92. The van der Waals surface area contributed by atoms with E-state index in [2.05, 4.69) is 9.71 Å².